The van der Waals surface area contributed by atoms with Crippen LogP contribution in [0.1, 0.15) is 33.2 Å². The molecular formula is C26H37FN10O6S. The van der Waals surface area contributed by atoms with E-state index in [1.807, 2.05) is 20.8 Å². The van der Waals surface area contributed by atoms with Gasteiger partial charge in [-0.05, 0) is 20.8 Å². The first kappa shape index (κ1) is 31.2. The van der Waals surface area contributed by atoms with E-state index in [4.69, 9.17) is 9.47 Å². The summed E-state index contributed by atoms with van der Waals surface area (Å²) in [5.74, 6) is -0.00233. The summed E-state index contributed by atoms with van der Waals surface area (Å²) in [6, 6.07) is -0.941. The van der Waals surface area contributed by atoms with Crippen LogP contribution < -0.4 is 20.3 Å². The first-order chi connectivity index (χ1) is 20.6. The summed E-state index contributed by atoms with van der Waals surface area (Å²) in [6.45, 7) is 6.31. The van der Waals surface area contributed by atoms with Gasteiger partial charge in [0.15, 0.2) is 17.0 Å². The van der Waals surface area contributed by atoms with Crippen molar-refractivity contribution in [2.24, 2.45) is 7.05 Å². The zero-order valence-electron chi connectivity index (χ0n) is 25.4. The first-order valence-corrected chi connectivity index (χ1v) is 16.1. The number of amides is 2. The van der Waals surface area contributed by atoms with Crippen LogP contribution >= 0.6 is 0 Å². The number of sulfone groups is 1. The number of aryl methyl sites for hydroxylation is 1. The lowest BCUT2D eigenvalue weighted by atomic mass is 10.1. The standard InChI is InChI=1S/C26H37FN10O6S/c1-26(2,3)43-25(39)36-9-15(10-36)37-13-18(23(33-37)42-5)30-21-20-22(34(4)14-28-20)32-24(31-21)35-11-16(27)17(12-35)29-19(38)7-8-44(6,40)41/h13-17H,7-12H2,1-6H3,(H,29,38)(H,30,31,32)/t16-,17-/m1/s1. The molecular weight excluding hydrogens is 599 g/mol. The maximum Gasteiger partial charge on any atom is 0.410 e. The number of nitrogens with one attached hydrogen (secondary N) is 2. The second-order valence-corrected chi connectivity index (χ2v) is 14.3. The summed E-state index contributed by atoms with van der Waals surface area (Å²) in [5, 5.41) is 10.3. The highest BCUT2D eigenvalue weighted by Gasteiger charge is 2.37. The van der Waals surface area contributed by atoms with Crippen molar-refractivity contribution in [2.75, 3.05) is 55.5 Å². The molecule has 0 saturated carbocycles. The largest absolute Gasteiger partial charge is 0.478 e. The zero-order valence-corrected chi connectivity index (χ0v) is 26.3. The van der Waals surface area contributed by atoms with Gasteiger partial charge < -0.3 is 34.5 Å². The van der Waals surface area contributed by atoms with E-state index in [2.05, 4.69) is 30.7 Å². The molecule has 2 fully saturated rings. The smallest absolute Gasteiger partial charge is 0.410 e. The highest BCUT2D eigenvalue weighted by molar-refractivity contribution is 7.90. The second-order valence-electron chi connectivity index (χ2n) is 12.1. The van der Waals surface area contributed by atoms with Gasteiger partial charge in [-0.2, -0.15) is 9.97 Å². The van der Waals surface area contributed by atoms with Gasteiger partial charge in [0.05, 0.1) is 44.0 Å². The molecule has 240 valence electrons. The molecule has 0 aliphatic carbocycles. The first-order valence-electron chi connectivity index (χ1n) is 14.0. The average Bonchev–Trinajstić information content (AvgIpc) is 3.57. The highest BCUT2D eigenvalue weighted by Crippen LogP contribution is 2.33. The number of ether oxygens (including phenoxy) is 2. The Morgan fingerprint density at radius 1 is 1.16 bits per heavy atom. The van der Waals surface area contributed by atoms with E-state index < -0.39 is 33.6 Å². The van der Waals surface area contributed by atoms with Crippen LogP contribution in [0.3, 0.4) is 0 Å². The van der Waals surface area contributed by atoms with E-state index >= 15 is 0 Å². The summed E-state index contributed by atoms with van der Waals surface area (Å²) < 4.78 is 52.1. The summed E-state index contributed by atoms with van der Waals surface area (Å²) in [4.78, 5) is 41.5. The van der Waals surface area contributed by atoms with E-state index in [0.717, 1.165) is 6.26 Å². The third-order valence-corrected chi connectivity index (χ3v) is 8.10. The molecule has 18 heteroatoms. The maximum absolute atomic E-state index is 15.0. The number of likely N-dealkylation sites (tertiary alicyclic amines) is 1. The van der Waals surface area contributed by atoms with Crippen molar-refractivity contribution in [1.29, 1.82) is 0 Å². The molecule has 44 heavy (non-hydrogen) atoms. The number of methoxy groups -OCH3 is 1. The zero-order chi connectivity index (χ0) is 32.0. The predicted octanol–water partition coefficient (Wildman–Crippen LogP) is 1.18. The number of anilines is 3. The molecule has 0 radical (unpaired) electrons. The van der Waals surface area contributed by atoms with Gasteiger partial charge in [-0.15, -0.1) is 5.10 Å². The highest BCUT2D eigenvalue weighted by atomic mass is 32.2. The summed E-state index contributed by atoms with van der Waals surface area (Å²) in [6.07, 6.45) is 2.33. The third kappa shape index (κ3) is 6.95. The minimum atomic E-state index is -3.32. The van der Waals surface area contributed by atoms with Crippen molar-refractivity contribution in [3.05, 3.63) is 12.5 Å². The molecule has 0 unspecified atom stereocenters. The lowest BCUT2D eigenvalue weighted by Gasteiger charge is -2.39. The van der Waals surface area contributed by atoms with E-state index in [0.29, 0.717) is 41.6 Å². The normalized spacial score (nSPS) is 19.2. The Hall–Kier alpha value is -4.22. The average molecular weight is 637 g/mol. The van der Waals surface area contributed by atoms with E-state index in [1.54, 1.807) is 38.6 Å². The number of carbonyl (C=O) groups excluding carboxylic acids is 2. The van der Waals surface area contributed by atoms with E-state index in [9.17, 15) is 22.4 Å². The number of hydrogen-bond acceptors (Lipinski definition) is 12. The Bertz CT molecular complexity index is 1660. The molecule has 0 spiro atoms. The van der Waals surface area contributed by atoms with Crippen LogP contribution in [-0.2, 0) is 26.4 Å². The quantitative estimate of drug-likeness (QED) is 0.343. The Balaban J connectivity index is 1.32. The van der Waals surface area contributed by atoms with Gasteiger partial charge in [0.25, 0.3) is 5.88 Å². The number of hydrogen-bond donors (Lipinski definition) is 2. The number of aromatic nitrogens is 6. The summed E-state index contributed by atoms with van der Waals surface area (Å²) >= 11 is 0. The molecule has 0 aromatic carbocycles. The third-order valence-electron chi connectivity index (χ3n) is 7.16. The molecule has 5 rings (SSSR count). The van der Waals surface area contributed by atoms with Gasteiger partial charge in [-0.1, -0.05) is 0 Å². The Morgan fingerprint density at radius 3 is 2.55 bits per heavy atom. The molecule has 3 aromatic rings. The number of nitrogens with zero attached hydrogens (tertiary/aromatic N) is 8. The maximum atomic E-state index is 15.0. The molecule has 2 atom stereocenters. The lowest BCUT2D eigenvalue weighted by molar-refractivity contribution is -0.121. The molecule has 3 aromatic heterocycles. The fourth-order valence-corrected chi connectivity index (χ4v) is 5.43. The number of carbonyl (C=O) groups is 2. The molecule has 2 aliphatic heterocycles. The molecule has 2 amide bonds. The van der Waals surface area contributed by atoms with E-state index in [1.165, 1.54) is 7.11 Å². The van der Waals surface area contributed by atoms with Crippen LogP contribution in [0.25, 0.3) is 11.2 Å². The van der Waals surface area contributed by atoms with Gasteiger partial charge in [0.2, 0.25) is 11.9 Å². The van der Waals surface area contributed by atoms with Crippen LogP contribution in [-0.4, -0.2) is 118 Å². The van der Waals surface area contributed by atoms with Crippen molar-refractivity contribution in [2.45, 2.75) is 51.0 Å². The molecule has 2 aliphatic rings. The van der Waals surface area contributed by atoms with Crippen molar-refractivity contribution in [3.63, 3.8) is 0 Å². The Kier molecular flexibility index (Phi) is 8.30. The van der Waals surface area contributed by atoms with Crippen LogP contribution in [0.2, 0.25) is 0 Å². The number of halogens is 1. The molecule has 5 heterocycles. The van der Waals surface area contributed by atoms with Gasteiger partial charge in [-0.3, -0.25) is 9.48 Å². The fraction of sp³-hybridized carbons (Fsp3) is 0.615. The van der Waals surface area contributed by atoms with Gasteiger partial charge in [-0.25, -0.2) is 22.6 Å². The molecule has 2 saturated heterocycles. The van der Waals surface area contributed by atoms with Crippen molar-refractivity contribution in [3.8, 4) is 5.88 Å². The minimum Gasteiger partial charge on any atom is -0.478 e. The fourth-order valence-electron chi connectivity index (χ4n) is 4.87. The SMILES string of the molecule is COc1nn(C2CN(C(=O)OC(C)(C)C)C2)cc1Nc1nc(N2C[C@@H](F)[C@H](NC(=O)CCS(C)(=O)=O)C2)nc2c1ncn2C. The van der Waals surface area contributed by atoms with E-state index in [-0.39, 0.29) is 43.3 Å². The van der Waals surface area contributed by atoms with Gasteiger partial charge in [0, 0.05) is 39.4 Å². The number of fused-ring (bicyclic) bond motifs is 1. The van der Waals surface area contributed by atoms with Crippen molar-refractivity contribution >= 4 is 50.5 Å². The molecule has 0 bridgehead atoms. The minimum absolute atomic E-state index is 0.0725. The topological polar surface area (TPSA) is 179 Å². The van der Waals surface area contributed by atoms with Crippen LogP contribution in [0.15, 0.2) is 12.5 Å². The predicted molar refractivity (Wildman–Crippen MR) is 159 cm³/mol. The van der Waals surface area contributed by atoms with Crippen LogP contribution in [0.4, 0.5) is 26.6 Å². The summed E-state index contributed by atoms with van der Waals surface area (Å²) in [5.41, 5.74) is 0.871. The number of imidazole rings is 1. The van der Waals surface area contributed by atoms with Crippen molar-refractivity contribution < 1.29 is 31.9 Å². The monoisotopic (exact) mass is 636 g/mol. The van der Waals surface area contributed by atoms with Gasteiger partial charge >= 0.3 is 6.09 Å². The number of rotatable bonds is 9. The molecule has 16 nitrogen and oxygen atoms in total. The lowest BCUT2D eigenvalue weighted by Crippen LogP contribution is -2.52. The summed E-state index contributed by atoms with van der Waals surface area (Å²) in [7, 11) is -0.0632. The number of alkyl halides is 1. The second kappa shape index (κ2) is 11.7. The van der Waals surface area contributed by atoms with Crippen LogP contribution in [0, 0.1) is 0 Å². The Morgan fingerprint density at radius 2 is 1.89 bits per heavy atom. The Labute approximate surface area is 253 Å². The van der Waals surface area contributed by atoms with Crippen molar-refractivity contribution in [1.82, 2.24) is 39.5 Å². The van der Waals surface area contributed by atoms with Gasteiger partial charge in [0.1, 0.15) is 27.3 Å². The van der Waals surface area contributed by atoms with Crippen LogP contribution in [0.5, 0.6) is 5.88 Å². The molecule has 2 N–H and O–H groups in total.